The van der Waals surface area contributed by atoms with Crippen molar-refractivity contribution in [1.29, 1.82) is 0 Å². The van der Waals surface area contributed by atoms with Crippen LogP contribution in [0.1, 0.15) is 60.3 Å². The predicted octanol–water partition coefficient (Wildman–Crippen LogP) is 2.71. The van der Waals surface area contributed by atoms with Crippen LogP contribution in [0.15, 0.2) is 0 Å². The van der Waals surface area contributed by atoms with E-state index in [1.807, 2.05) is 0 Å². The van der Waals surface area contributed by atoms with E-state index < -0.39 is 0 Å². The summed E-state index contributed by atoms with van der Waals surface area (Å²) in [5, 5.41) is 3.63. The van der Waals surface area contributed by atoms with Gasteiger partial charge in [0, 0.05) is 36.8 Å². The first-order valence-corrected chi connectivity index (χ1v) is 8.61. The monoisotopic (exact) mass is 281 g/mol. The molecule has 2 heterocycles. The van der Waals surface area contributed by atoms with Gasteiger partial charge in [0.2, 0.25) is 0 Å². The maximum atomic E-state index is 3.63. The van der Waals surface area contributed by atoms with Gasteiger partial charge in [-0.3, -0.25) is 9.80 Å². The van der Waals surface area contributed by atoms with E-state index in [1.165, 1.54) is 45.3 Å². The maximum absolute atomic E-state index is 3.63. The highest BCUT2D eigenvalue weighted by Gasteiger charge is 2.34. The van der Waals surface area contributed by atoms with Crippen LogP contribution in [0, 0.1) is 0 Å². The SMILES string of the molecule is CC(CCNC(C)(C)C)N1CC2CCCCN2CC1C. The van der Waals surface area contributed by atoms with Gasteiger partial charge in [0.15, 0.2) is 0 Å². The molecule has 3 heteroatoms. The molecule has 0 bridgehead atoms. The summed E-state index contributed by atoms with van der Waals surface area (Å²) in [4.78, 5) is 5.50. The molecule has 2 aliphatic heterocycles. The van der Waals surface area contributed by atoms with Crippen LogP contribution in [-0.2, 0) is 0 Å². The summed E-state index contributed by atoms with van der Waals surface area (Å²) in [5.74, 6) is 0. The highest BCUT2D eigenvalue weighted by molar-refractivity contribution is 4.91. The largest absolute Gasteiger partial charge is 0.312 e. The highest BCUT2D eigenvalue weighted by Crippen LogP contribution is 2.25. The van der Waals surface area contributed by atoms with Crippen LogP contribution in [0.2, 0.25) is 0 Å². The number of nitrogens with one attached hydrogen (secondary N) is 1. The average molecular weight is 281 g/mol. The van der Waals surface area contributed by atoms with E-state index >= 15 is 0 Å². The molecule has 118 valence electrons. The molecule has 0 aromatic heterocycles. The van der Waals surface area contributed by atoms with E-state index in [4.69, 9.17) is 0 Å². The average Bonchev–Trinajstić information content (AvgIpc) is 2.36. The Labute approximate surface area is 126 Å². The molecule has 2 fully saturated rings. The minimum Gasteiger partial charge on any atom is -0.312 e. The Hall–Kier alpha value is -0.120. The zero-order valence-corrected chi connectivity index (χ0v) is 14.3. The van der Waals surface area contributed by atoms with E-state index in [0.29, 0.717) is 12.1 Å². The molecule has 0 radical (unpaired) electrons. The normalized spacial score (nSPS) is 31.1. The maximum Gasteiger partial charge on any atom is 0.0224 e. The third-order valence-corrected chi connectivity index (χ3v) is 5.02. The van der Waals surface area contributed by atoms with Crippen molar-refractivity contribution in [2.45, 2.75) is 84.0 Å². The lowest BCUT2D eigenvalue weighted by atomic mass is 9.95. The molecule has 3 nitrogen and oxygen atoms in total. The number of piperazine rings is 1. The van der Waals surface area contributed by atoms with Crippen LogP contribution < -0.4 is 5.32 Å². The molecule has 3 unspecified atom stereocenters. The lowest BCUT2D eigenvalue weighted by Crippen LogP contribution is -2.60. The van der Waals surface area contributed by atoms with E-state index in [2.05, 4.69) is 49.7 Å². The molecular weight excluding hydrogens is 246 g/mol. The van der Waals surface area contributed by atoms with Crippen molar-refractivity contribution in [3.05, 3.63) is 0 Å². The van der Waals surface area contributed by atoms with Gasteiger partial charge in [-0.15, -0.1) is 0 Å². The highest BCUT2D eigenvalue weighted by atomic mass is 15.3. The molecule has 0 amide bonds. The summed E-state index contributed by atoms with van der Waals surface area (Å²) in [5.41, 5.74) is 0.243. The third kappa shape index (κ3) is 4.44. The number of hydrogen-bond donors (Lipinski definition) is 1. The fourth-order valence-corrected chi connectivity index (χ4v) is 3.81. The van der Waals surface area contributed by atoms with Crippen molar-refractivity contribution in [1.82, 2.24) is 15.1 Å². The smallest absolute Gasteiger partial charge is 0.0224 e. The Morgan fingerprint density at radius 3 is 2.65 bits per heavy atom. The number of rotatable bonds is 4. The molecule has 3 atom stereocenters. The second-order valence-corrected chi connectivity index (χ2v) is 8.00. The van der Waals surface area contributed by atoms with Crippen LogP contribution in [-0.4, -0.2) is 59.6 Å². The van der Waals surface area contributed by atoms with Crippen molar-refractivity contribution in [2.75, 3.05) is 26.2 Å². The van der Waals surface area contributed by atoms with E-state index in [-0.39, 0.29) is 5.54 Å². The van der Waals surface area contributed by atoms with E-state index in [1.54, 1.807) is 0 Å². The minimum absolute atomic E-state index is 0.243. The summed E-state index contributed by atoms with van der Waals surface area (Å²) in [6.07, 6.45) is 5.52. The van der Waals surface area contributed by atoms with Crippen LogP contribution >= 0.6 is 0 Å². The fraction of sp³-hybridized carbons (Fsp3) is 1.00. The van der Waals surface area contributed by atoms with Gasteiger partial charge >= 0.3 is 0 Å². The van der Waals surface area contributed by atoms with Gasteiger partial charge in [-0.25, -0.2) is 0 Å². The van der Waals surface area contributed by atoms with E-state index in [9.17, 15) is 0 Å². The first-order valence-electron chi connectivity index (χ1n) is 8.61. The summed E-state index contributed by atoms with van der Waals surface area (Å²) >= 11 is 0. The Kier molecular flexibility index (Phi) is 5.49. The molecule has 2 saturated heterocycles. The topological polar surface area (TPSA) is 18.5 Å². The van der Waals surface area contributed by atoms with Crippen LogP contribution in [0.3, 0.4) is 0 Å². The zero-order chi connectivity index (χ0) is 14.8. The summed E-state index contributed by atoms with van der Waals surface area (Å²) < 4.78 is 0. The molecule has 0 saturated carbocycles. The molecule has 0 aromatic carbocycles. The Morgan fingerprint density at radius 2 is 1.95 bits per heavy atom. The molecule has 0 spiro atoms. The minimum atomic E-state index is 0.243. The van der Waals surface area contributed by atoms with Gasteiger partial charge in [-0.1, -0.05) is 6.42 Å². The van der Waals surface area contributed by atoms with Gasteiger partial charge < -0.3 is 5.32 Å². The predicted molar refractivity (Wildman–Crippen MR) is 87.2 cm³/mol. The molecule has 2 aliphatic rings. The molecular formula is C17H35N3. The van der Waals surface area contributed by atoms with Gasteiger partial charge in [-0.05, 0) is 67.0 Å². The van der Waals surface area contributed by atoms with Gasteiger partial charge in [0.05, 0.1) is 0 Å². The Morgan fingerprint density at radius 1 is 1.20 bits per heavy atom. The first kappa shape index (κ1) is 16.3. The number of fused-ring (bicyclic) bond motifs is 1. The Bertz CT molecular complexity index is 297. The zero-order valence-electron chi connectivity index (χ0n) is 14.3. The number of piperidine rings is 1. The van der Waals surface area contributed by atoms with Crippen molar-refractivity contribution in [3.8, 4) is 0 Å². The Balaban J connectivity index is 1.81. The lowest BCUT2D eigenvalue weighted by Gasteiger charge is -2.49. The van der Waals surface area contributed by atoms with Gasteiger partial charge in [0.25, 0.3) is 0 Å². The van der Waals surface area contributed by atoms with Gasteiger partial charge in [0.1, 0.15) is 0 Å². The van der Waals surface area contributed by atoms with Crippen LogP contribution in [0.5, 0.6) is 0 Å². The molecule has 20 heavy (non-hydrogen) atoms. The molecule has 1 N–H and O–H groups in total. The fourth-order valence-electron chi connectivity index (χ4n) is 3.81. The van der Waals surface area contributed by atoms with Gasteiger partial charge in [-0.2, -0.15) is 0 Å². The van der Waals surface area contributed by atoms with Crippen molar-refractivity contribution in [3.63, 3.8) is 0 Å². The second kappa shape index (κ2) is 6.76. The summed E-state index contributed by atoms with van der Waals surface area (Å²) in [6.45, 7) is 16.6. The molecule has 0 aromatic rings. The molecule has 0 aliphatic carbocycles. The lowest BCUT2D eigenvalue weighted by molar-refractivity contribution is -0.00575. The quantitative estimate of drug-likeness (QED) is 0.855. The van der Waals surface area contributed by atoms with Crippen LogP contribution in [0.25, 0.3) is 0 Å². The number of hydrogen-bond acceptors (Lipinski definition) is 3. The van der Waals surface area contributed by atoms with E-state index in [0.717, 1.165) is 12.6 Å². The second-order valence-electron chi connectivity index (χ2n) is 8.00. The van der Waals surface area contributed by atoms with Crippen molar-refractivity contribution >= 4 is 0 Å². The number of nitrogens with zero attached hydrogens (tertiary/aromatic N) is 2. The third-order valence-electron chi connectivity index (χ3n) is 5.02. The van der Waals surface area contributed by atoms with Crippen molar-refractivity contribution in [2.24, 2.45) is 0 Å². The summed E-state index contributed by atoms with van der Waals surface area (Å²) in [6, 6.07) is 2.25. The van der Waals surface area contributed by atoms with Crippen molar-refractivity contribution < 1.29 is 0 Å². The van der Waals surface area contributed by atoms with Crippen LogP contribution in [0.4, 0.5) is 0 Å². The first-order chi connectivity index (χ1) is 9.37. The standard InChI is InChI=1S/C17H35N3/c1-14(9-10-18-17(3,4)5)20-13-16-8-6-7-11-19(16)12-15(20)2/h14-16,18H,6-13H2,1-5H3. The summed E-state index contributed by atoms with van der Waals surface area (Å²) in [7, 11) is 0. The molecule has 2 rings (SSSR count).